The van der Waals surface area contributed by atoms with Gasteiger partial charge in [0.1, 0.15) is 12.4 Å². The molecule has 1 atom stereocenters. The second kappa shape index (κ2) is 14.2. The Morgan fingerprint density at radius 2 is 2.10 bits per heavy atom. The highest BCUT2D eigenvalue weighted by atomic mass is 16.5. The molecule has 1 fully saturated rings. The molecule has 0 spiro atoms. The van der Waals surface area contributed by atoms with Crippen molar-refractivity contribution in [1.29, 1.82) is 0 Å². The molecule has 0 amide bonds. The maximum Gasteiger partial charge on any atom is 0.191 e. The molecule has 7 heteroatoms. The zero-order valence-corrected chi connectivity index (χ0v) is 18.3. The van der Waals surface area contributed by atoms with E-state index in [1.165, 1.54) is 0 Å². The zero-order valence-electron chi connectivity index (χ0n) is 18.3. The van der Waals surface area contributed by atoms with Crippen LogP contribution in [0.25, 0.3) is 0 Å². The molecule has 1 unspecified atom stereocenters. The summed E-state index contributed by atoms with van der Waals surface area (Å²) in [5.41, 5.74) is 1.09. The standard InChI is InChI=1S/C22H38N4O3/c1-4-23-22(24-12-8-14-27-18-20-10-7-15-28-20)25-17-19-9-5-6-11-21(19)29-16-13-26(2)3/h5-6,9,11,20H,4,7-8,10,12-18H2,1-3H3,(H2,23,24,25). The average molecular weight is 407 g/mol. The molecular weight excluding hydrogens is 368 g/mol. The minimum absolute atomic E-state index is 0.293. The largest absolute Gasteiger partial charge is 0.492 e. The molecule has 1 aliphatic rings. The Kier molecular flexibility index (Phi) is 11.5. The average Bonchev–Trinajstić information content (AvgIpc) is 3.22. The van der Waals surface area contributed by atoms with Crippen molar-refractivity contribution in [1.82, 2.24) is 15.5 Å². The van der Waals surface area contributed by atoms with Gasteiger partial charge in [0.15, 0.2) is 5.96 Å². The Morgan fingerprint density at radius 1 is 1.24 bits per heavy atom. The topological polar surface area (TPSA) is 67.4 Å². The lowest BCUT2D eigenvalue weighted by molar-refractivity contribution is 0.0168. The van der Waals surface area contributed by atoms with E-state index in [2.05, 4.69) is 28.5 Å². The van der Waals surface area contributed by atoms with Crippen LogP contribution in [0, 0.1) is 0 Å². The predicted molar refractivity (Wildman–Crippen MR) is 118 cm³/mol. The summed E-state index contributed by atoms with van der Waals surface area (Å²) in [6, 6.07) is 8.09. The van der Waals surface area contributed by atoms with Gasteiger partial charge in [-0.25, -0.2) is 4.99 Å². The highest BCUT2D eigenvalue weighted by Gasteiger charge is 2.14. The normalized spacial score (nSPS) is 17.0. The van der Waals surface area contributed by atoms with Crippen LogP contribution in [0.3, 0.4) is 0 Å². The van der Waals surface area contributed by atoms with Crippen molar-refractivity contribution in [2.75, 3.05) is 60.2 Å². The number of nitrogens with zero attached hydrogens (tertiary/aromatic N) is 2. The molecule has 164 valence electrons. The van der Waals surface area contributed by atoms with Gasteiger partial charge in [0, 0.05) is 38.4 Å². The van der Waals surface area contributed by atoms with Crippen molar-refractivity contribution in [2.24, 2.45) is 4.99 Å². The Balaban J connectivity index is 1.73. The van der Waals surface area contributed by atoms with Crippen LogP contribution in [0.1, 0.15) is 31.7 Å². The lowest BCUT2D eigenvalue weighted by Crippen LogP contribution is -2.38. The van der Waals surface area contributed by atoms with Crippen LogP contribution < -0.4 is 15.4 Å². The van der Waals surface area contributed by atoms with Gasteiger partial charge in [-0.3, -0.25) is 0 Å². The number of hydrogen-bond acceptors (Lipinski definition) is 5. The van der Waals surface area contributed by atoms with Crippen molar-refractivity contribution < 1.29 is 14.2 Å². The fraction of sp³-hybridized carbons (Fsp3) is 0.682. The number of ether oxygens (including phenoxy) is 3. The van der Waals surface area contributed by atoms with Gasteiger partial charge in [0.2, 0.25) is 0 Å². The van der Waals surface area contributed by atoms with E-state index in [1.54, 1.807) is 0 Å². The van der Waals surface area contributed by atoms with Crippen molar-refractivity contribution in [3.8, 4) is 5.75 Å². The summed E-state index contributed by atoms with van der Waals surface area (Å²) in [6.45, 7) is 8.15. The molecule has 1 aromatic rings. The molecule has 29 heavy (non-hydrogen) atoms. The maximum atomic E-state index is 5.93. The van der Waals surface area contributed by atoms with E-state index in [-0.39, 0.29) is 0 Å². The van der Waals surface area contributed by atoms with Crippen molar-refractivity contribution in [3.63, 3.8) is 0 Å². The number of para-hydroxylation sites is 1. The molecule has 1 aliphatic heterocycles. The Labute approximate surface area is 175 Å². The van der Waals surface area contributed by atoms with Gasteiger partial charge < -0.3 is 29.7 Å². The lowest BCUT2D eigenvalue weighted by Gasteiger charge is -2.14. The Morgan fingerprint density at radius 3 is 2.86 bits per heavy atom. The van der Waals surface area contributed by atoms with Gasteiger partial charge in [0.05, 0.1) is 19.3 Å². The van der Waals surface area contributed by atoms with Gasteiger partial charge >= 0.3 is 0 Å². The van der Waals surface area contributed by atoms with Gasteiger partial charge in [-0.1, -0.05) is 18.2 Å². The van der Waals surface area contributed by atoms with Crippen molar-refractivity contribution >= 4 is 5.96 Å². The summed E-state index contributed by atoms with van der Waals surface area (Å²) in [4.78, 5) is 6.82. The number of rotatable bonds is 13. The first kappa shape index (κ1) is 23.4. The van der Waals surface area contributed by atoms with Crippen LogP contribution in [-0.4, -0.2) is 77.1 Å². The molecule has 1 aromatic carbocycles. The number of likely N-dealkylation sites (N-methyl/N-ethyl adjacent to an activating group) is 1. The fourth-order valence-corrected chi connectivity index (χ4v) is 2.99. The highest BCUT2D eigenvalue weighted by Crippen LogP contribution is 2.18. The molecule has 2 rings (SSSR count). The molecule has 0 aromatic heterocycles. The predicted octanol–water partition coefficient (Wildman–Crippen LogP) is 2.27. The molecule has 7 nitrogen and oxygen atoms in total. The van der Waals surface area contributed by atoms with Crippen LogP contribution in [0.4, 0.5) is 0 Å². The Bertz CT molecular complexity index is 589. The minimum atomic E-state index is 0.293. The second-order valence-corrected chi connectivity index (χ2v) is 7.44. The summed E-state index contributed by atoms with van der Waals surface area (Å²) in [6.07, 6.45) is 3.50. The van der Waals surface area contributed by atoms with Crippen LogP contribution in [-0.2, 0) is 16.0 Å². The van der Waals surface area contributed by atoms with Gasteiger partial charge in [-0.05, 0) is 46.3 Å². The van der Waals surface area contributed by atoms with E-state index in [0.717, 1.165) is 69.4 Å². The summed E-state index contributed by atoms with van der Waals surface area (Å²) in [7, 11) is 4.09. The van der Waals surface area contributed by atoms with Crippen molar-refractivity contribution in [3.05, 3.63) is 29.8 Å². The third kappa shape index (κ3) is 9.96. The van der Waals surface area contributed by atoms with E-state index in [1.807, 2.05) is 32.3 Å². The summed E-state index contributed by atoms with van der Waals surface area (Å²) in [5.74, 6) is 1.71. The fourth-order valence-electron chi connectivity index (χ4n) is 2.99. The summed E-state index contributed by atoms with van der Waals surface area (Å²) < 4.78 is 17.2. The third-order valence-corrected chi connectivity index (χ3v) is 4.61. The first-order chi connectivity index (χ1) is 14.2. The van der Waals surface area contributed by atoms with E-state index in [9.17, 15) is 0 Å². The number of guanidine groups is 1. The van der Waals surface area contributed by atoms with Crippen molar-refractivity contribution in [2.45, 2.75) is 38.8 Å². The molecular formula is C22H38N4O3. The molecule has 1 saturated heterocycles. The first-order valence-electron chi connectivity index (χ1n) is 10.8. The maximum absolute atomic E-state index is 5.93. The lowest BCUT2D eigenvalue weighted by atomic mass is 10.2. The van der Waals surface area contributed by atoms with Crippen LogP contribution in [0.2, 0.25) is 0 Å². The van der Waals surface area contributed by atoms with E-state index in [0.29, 0.717) is 25.9 Å². The van der Waals surface area contributed by atoms with E-state index >= 15 is 0 Å². The van der Waals surface area contributed by atoms with Gasteiger partial charge in [-0.15, -0.1) is 0 Å². The van der Waals surface area contributed by atoms with Gasteiger partial charge in [0.25, 0.3) is 0 Å². The monoisotopic (exact) mass is 406 g/mol. The molecule has 0 aliphatic carbocycles. The van der Waals surface area contributed by atoms with Gasteiger partial charge in [-0.2, -0.15) is 0 Å². The summed E-state index contributed by atoms with van der Waals surface area (Å²) in [5, 5.41) is 6.67. The second-order valence-electron chi connectivity index (χ2n) is 7.44. The SMILES string of the molecule is CCNC(=NCc1ccccc1OCCN(C)C)NCCCOCC1CCCO1. The summed E-state index contributed by atoms with van der Waals surface area (Å²) >= 11 is 0. The zero-order chi connectivity index (χ0) is 20.7. The molecule has 0 saturated carbocycles. The Hall–Kier alpha value is -1.83. The molecule has 0 bridgehead atoms. The smallest absolute Gasteiger partial charge is 0.191 e. The first-order valence-corrected chi connectivity index (χ1v) is 10.8. The molecule has 1 heterocycles. The van der Waals surface area contributed by atoms with Crippen LogP contribution in [0.5, 0.6) is 5.75 Å². The van der Waals surface area contributed by atoms with E-state index < -0.39 is 0 Å². The number of nitrogens with one attached hydrogen (secondary N) is 2. The third-order valence-electron chi connectivity index (χ3n) is 4.61. The minimum Gasteiger partial charge on any atom is -0.492 e. The van der Waals surface area contributed by atoms with Crippen LogP contribution in [0.15, 0.2) is 29.3 Å². The molecule has 0 radical (unpaired) electrons. The molecule has 2 N–H and O–H groups in total. The number of benzene rings is 1. The highest BCUT2D eigenvalue weighted by molar-refractivity contribution is 5.79. The number of hydrogen-bond donors (Lipinski definition) is 2. The van der Waals surface area contributed by atoms with E-state index in [4.69, 9.17) is 19.2 Å². The quantitative estimate of drug-likeness (QED) is 0.298. The van der Waals surface area contributed by atoms with Crippen LogP contribution >= 0.6 is 0 Å². The number of aliphatic imine (C=N–C) groups is 1.